The number of halogens is 1. The molecule has 0 aliphatic carbocycles. The van der Waals surface area contributed by atoms with Gasteiger partial charge in [-0.15, -0.1) is 0 Å². The van der Waals surface area contributed by atoms with Crippen molar-refractivity contribution in [3.05, 3.63) is 30.1 Å². The van der Waals surface area contributed by atoms with Crippen molar-refractivity contribution in [2.75, 3.05) is 45.9 Å². The summed E-state index contributed by atoms with van der Waals surface area (Å²) in [6.07, 6.45) is 2.25. The van der Waals surface area contributed by atoms with Crippen LogP contribution in [0.5, 0.6) is 5.75 Å². The van der Waals surface area contributed by atoms with E-state index in [2.05, 4.69) is 10.2 Å². The topological polar surface area (TPSA) is 44.8 Å². The Hall–Kier alpha value is -1.66. The summed E-state index contributed by atoms with van der Waals surface area (Å²) >= 11 is 0. The van der Waals surface area contributed by atoms with Gasteiger partial charge in [0.25, 0.3) is 0 Å². The molecule has 23 heavy (non-hydrogen) atoms. The van der Waals surface area contributed by atoms with E-state index in [1.54, 1.807) is 12.1 Å². The van der Waals surface area contributed by atoms with Gasteiger partial charge in [0.05, 0.1) is 0 Å². The number of nitrogens with zero attached hydrogens (tertiary/aromatic N) is 2. The molecule has 2 heterocycles. The molecule has 2 aliphatic rings. The van der Waals surface area contributed by atoms with Crippen LogP contribution in [0.1, 0.15) is 12.8 Å². The van der Waals surface area contributed by atoms with Crippen molar-refractivity contribution >= 4 is 5.91 Å². The zero-order chi connectivity index (χ0) is 16.1. The molecule has 1 aromatic carbocycles. The minimum Gasteiger partial charge on any atom is -0.491 e. The molecule has 0 aromatic heterocycles. The van der Waals surface area contributed by atoms with E-state index in [0.29, 0.717) is 12.4 Å². The van der Waals surface area contributed by atoms with Gasteiger partial charge >= 0.3 is 0 Å². The van der Waals surface area contributed by atoms with Crippen LogP contribution in [0.3, 0.4) is 0 Å². The van der Waals surface area contributed by atoms with E-state index in [1.807, 2.05) is 4.90 Å². The van der Waals surface area contributed by atoms with Gasteiger partial charge in [-0.3, -0.25) is 9.69 Å². The van der Waals surface area contributed by atoms with Gasteiger partial charge in [-0.25, -0.2) is 4.39 Å². The number of carbonyl (C=O) groups is 1. The first-order chi connectivity index (χ1) is 11.2. The normalized spacial score (nSPS) is 20.5. The Morgan fingerprint density at radius 2 is 1.78 bits per heavy atom. The minimum atomic E-state index is -0.287. The van der Waals surface area contributed by atoms with Crippen LogP contribution in [-0.4, -0.2) is 67.6 Å². The SMILES string of the molecule is O=C(C(COc1ccc(F)cc1)N1CCCC1)N1CCNCC1. The van der Waals surface area contributed by atoms with Gasteiger partial charge in [0, 0.05) is 26.2 Å². The number of carbonyl (C=O) groups excluding carboxylic acids is 1. The third-order valence-corrected chi connectivity index (χ3v) is 4.52. The lowest BCUT2D eigenvalue weighted by atomic mass is 10.2. The number of ether oxygens (including phenoxy) is 1. The molecule has 2 saturated heterocycles. The van der Waals surface area contributed by atoms with Crippen molar-refractivity contribution in [1.82, 2.24) is 15.1 Å². The highest BCUT2D eigenvalue weighted by Crippen LogP contribution is 2.17. The van der Waals surface area contributed by atoms with Gasteiger partial charge in [-0.2, -0.15) is 0 Å². The Balaban J connectivity index is 1.64. The monoisotopic (exact) mass is 321 g/mol. The number of rotatable bonds is 5. The smallest absolute Gasteiger partial charge is 0.243 e. The Bertz CT molecular complexity index is 511. The Kier molecular flexibility index (Phi) is 5.46. The molecule has 2 aliphatic heterocycles. The molecule has 1 atom stereocenters. The number of likely N-dealkylation sites (tertiary alicyclic amines) is 1. The second-order valence-electron chi connectivity index (χ2n) is 6.10. The van der Waals surface area contributed by atoms with E-state index < -0.39 is 0 Å². The number of benzene rings is 1. The summed E-state index contributed by atoms with van der Waals surface area (Å²) in [5, 5.41) is 3.27. The zero-order valence-corrected chi connectivity index (χ0v) is 13.3. The van der Waals surface area contributed by atoms with E-state index in [-0.39, 0.29) is 17.8 Å². The quantitative estimate of drug-likeness (QED) is 0.882. The summed E-state index contributed by atoms with van der Waals surface area (Å²) in [7, 11) is 0. The van der Waals surface area contributed by atoms with Crippen LogP contribution in [-0.2, 0) is 4.79 Å². The standard InChI is InChI=1S/C17H24FN3O2/c18-14-3-5-15(6-4-14)23-13-16(20-9-1-2-10-20)17(22)21-11-7-19-8-12-21/h3-6,16,19H,1-2,7-13H2. The minimum absolute atomic E-state index is 0.149. The number of piperazine rings is 1. The number of nitrogens with one attached hydrogen (secondary N) is 1. The first kappa shape index (κ1) is 16.2. The summed E-state index contributed by atoms with van der Waals surface area (Å²) in [6, 6.07) is 5.70. The van der Waals surface area contributed by atoms with E-state index in [1.165, 1.54) is 12.1 Å². The molecule has 1 unspecified atom stereocenters. The maximum atomic E-state index is 13.0. The molecule has 3 rings (SSSR count). The van der Waals surface area contributed by atoms with Crippen molar-refractivity contribution in [3.63, 3.8) is 0 Å². The molecule has 0 spiro atoms. The largest absolute Gasteiger partial charge is 0.491 e. The van der Waals surface area contributed by atoms with E-state index in [0.717, 1.165) is 52.1 Å². The Morgan fingerprint density at radius 1 is 1.13 bits per heavy atom. The predicted molar refractivity (Wildman–Crippen MR) is 85.9 cm³/mol. The average Bonchev–Trinajstić information content (AvgIpc) is 3.12. The lowest BCUT2D eigenvalue weighted by Gasteiger charge is -2.34. The van der Waals surface area contributed by atoms with E-state index in [9.17, 15) is 9.18 Å². The third kappa shape index (κ3) is 4.20. The molecule has 126 valence electrons. The summed E-state index contributed by atoms with van der Waals surface area (Å²) in [4.78, 5) is 17.0. The highest BCUT2D eigenvalue weighted by molar-refractivity contribution is 5.82. The Morgan fingerprint density at radius 3 is 2.43 bits per heavy atom. The second-order valence-corrected chi connectivity index (χ2v) is 6.10. The summed E-state index contributed by atoms with van der Waals surface area (Å²) in [5.74, 6) is 0.463. The van der Waals surface area contributed by atoms with Crippen molar-refractivity contribution in [2.45, 2.75) is 18.9 Å². The maximum Gasteiger partial charge on any atom is 0.243 e. The van der Waals surface area contributed by atoms with Gasteiger partial charge in [0.15, 0.2) is 0 Å². The molecule has 2 fully saturated rings. The van der Waals surface area contributed by atoms with Crippen molar-refractivity contribution < 1.29 is 13.9 Å². The molecular weight excluding hydrogens is 297 g/mol. The number of amides is 1. The van der Waals surface area contributed by atoms with Crippen molar-refractivity contribution in [2.24, 2.45) is 0 Å². The summed E-state index contributed by atoms with van der Waals surface area (Å²) in [6.45, 7) is 5.38. The predicted octanol–water partition coefficient (Wildman–Crippen LogP) is 1.10. The highest BCUT2D eigenvalue weighted by Gasteiger charge is 2.32. The first-order valence-electron chi connectivity index (χ1n) is 8.36. The average molecular weight is 321 g/mol. The fraction of sp³-hybridized carbons (Fsp3) is 0.588. The molecule has 1 N–H and O–H groups in total. The molecule has 0 saturated carbocycles. The fourth-order valence-corrected chi connectivity index (χ4v) is 3.19. The van der Waals surface area contributed by atoms with Crippen molar-refractivity contribution in [3.8, 4) is 5.75 Å². The zero-order valence-electron chi connectivity index (χ0n) is 13.3. The summed E-state index contributed by atoms with van der Waals surface area (Å²) < 4.78 is 18.7. The molecule has 0 bridgehead atoms. The van der Waals surface area contributed by atoms with Crippen molar-refractivity contribution in [1.29, 1.82) is 0 Å². The van der Waals surface area contributed by atoms with E-state index in [4.69, 9.17) is 4.74 Å². The van der Waals surface area contributed by atoms with Crippen LogP contribution in [0.2, 0.25) is 0 Å². The molecule has 1 aromatic rings. The third-order valence-electron chi connectivity index (χ3n) is 4.52. The van der Waals surface area contributed by atoms with Gasteiger partial charge in [0.2, 0.25) is 5.91 Å². The molecule has 1 amide bonds. The van der Waals surface area contributed by atoms with Gasteiger partial charge in [-0.05, 0) is 50.2 Å². The van der Waals surface area contributed by atoms with Crippen LogP contribution in [0.25, 0.3) is 0 Å². The lowest BCUT2D eigenvalue weighted by molar-refractivity contribution is -0.138. The van der Waals surface area contributed by atoms with E-state index >= 15 is 0 Å². The summed E-state index contributed by atoms with van der Waals surface area (Å²) in [5.41, 5.74) is 0. The second kappa shape index (κ2) is 7.75. The van der Waals surface area contributed by atoms with Crippen LogP contribution in [0.15, 0.2) is 24.3 Å². The van der Waals surface area contributed by atoms with Gasteiger partial charge in [0.1, 0.15) is 24.2 Å². The number of hydrogen-bond donors (Lipinski definition) is 1. The maximum absolute atomic E-state index is 13.0. The highest BCUT2D eigenvalue weighted by atomic mass is 19.1. The van der Waals surface area contributed by atoms with Gasteiger partial charge in [-0.1, -0.05) is 0 Å². The molecule has 0 radical (unpaired) electrons. The van der Waals surface area contributed by atoms with Crippen LogP contribution < -0.4 is 10.1 Å². The molecule has 5 nitrogen and oxygen atoms in total. The first-order valence-corrected chi connectivity index (χ1v) is 8.36. The lowest BCUT2D eigenvalue weighted by Crippen LogP contribution is -2.55. The number of hydrogen-bond acceptors (Lipinski definition) is 4. The van der Waals surface area contributed by atoms with Crippen LogP contribution in [0.4, 0.5) is 4.39 Å². The van der Waals surface area contributed by atoms with Crippen LogP contribution in [0, 0.1) is 5.82 Å². The Labute approximate surface area is 136 Å². The molecular formula is C17H24FN3O2. The molecule has 6 heteroatoms. The van der Waals surface area contributed by atoms with Gasteiger partial charge < -0.3 is 15.0 Å². The fourth-order valence-electron chi connectivity index (χ4n) is 3.19. The van der Waals surface area contributed by atoms with Crippen LogP contribution >= 0.6 is 0 Å².